The summed E-state index contributed by atoms with van der Waals surface area (Å²) in [4.78, 5) is 0. The van der Waals surface area contributed by atoms with Crippen LogP contribution in [0.1, 0.15) is 49.3 Å². The Hall–Kier alpha value is -1.48. The molecule has 7 heteroatoms. The van der Waals surface area contributed by atoms with Crippen molar-refractivity contribution in [1.82, 2.24) is 0 Å². The molecule has 1 saturated heterocycles. The first-order chi connectivity index (χ1) is 15.5. The van der Waals surface area contributed by atoms with Gasteiger partial charge >= 0.3 is 0 Å². The second-order valence-electron chi connectivity index (χ2n) is 10.1. The number of ether oxygens (including phenoxy) is 2. The predicted octanol–water partition coefficient (Wildman–Crippen LogP) is 1.38. The topological polar surface area (TPSA) is 125 Å². The van der Waals surface area contributed by atoms with Crippen LogP contribution in [0.5, 0.6) is 5.75 Å². The van der Waals surface area contributed by atoms with Crippen molar-refractivity contribution in [3.63, 3.8) is 0 Å². The molecule has 1 aliphatic heterocycles. The number of hydrogen-bond acceptors (Lipinski definition) is 7. The van der Waals surface area contributed by atoms with Crippen LogP contribution in [0.4, 0.5) is 0 Å². The standard InChI is InChI=1S/C25H35NO6/c26-4-5-31-24-15(11-19-16-7-13-6-14(9-16)10-17(19)8-13)2-1-3-18(24)25-23(30)22(29)21(28)20(12-27)32-25/h1-3,11,13-14,16-17,20-23,25,27-30H,4-10,12,26H2/t13?,14?,16?,17?,20-,21+,22+,23-,25+/m1/s1. The van der Waals surface area contributed by atoms with Crippen LogP contribution in [0.3, 0.4) is 0 Å². The number of aliphatic hydroxyl groups excluding tert-OH is 4. The first kappa shape index (κ1) is 22.3. The van der Waals surface area contributed by atoms with Crippen molar-refractivity contribution in [3.8, 4) is 5.75 Å². The Labute approximate surface area is 188 Å². The molecule has 32 heavy (non-hydrogen) atoms. The van der Waals surface area contributed by atoms with E-state index in [1.165, 1.54) is 37.7 Å². The van der Waals surface area contributed by atoms with Gasteiger partial charge in [-0.2, -0.15) is 0 Å². The zero-order chi connectivity index (χ0) is 22.4. The van der Waals surface area contributed by atoms with E-state index in [9.17, 15) is 20.4 Å². The van der Waals surface area contributed by atoms with E-state index in [1.54, 1.807) is 6.07 Å². The van der Waals surface area contributed by atoms with Crippen LogP contribution in [0, 0.1) is 23.7 Å². The summed E-state index contributed by atoms with van der Waals surface area (Å²) in [6.07, 6.45) is 2.73. The third-order valence-corrected chi connectivity index (χ3v) is 8.04. The highest BCUT2D eigenvalue weighted by atomic mass is 16.5. The van der Waals surface area contributed by atoms with E-state index >= 15 is 0 Å². The Balaban J connectivity index is 1.51. The van der Waals surface area contributed by atoms with Crippen molar-refractivity contribution in [2.75, 3.05) is 19.8 Å². The highest BCUT2D eigenvalue weighted by molar-refractivity contribution is 5.64. The van der Waals surface area contributed by atoms with Crippen LogP contribution >= 0.6 is 0 Å². The van der Waals surface area contributed by atoms with Crippen LogP contribution in [0.25, 0.3) is 6.08 Å². The smallest absolute Gasteiger partial charge is 0.132 e. The molecular formula is C25H35NO6. The minimum atomic E-state index is -1.43. The monoisotopic (exact) mass is 445 g/mol. The lowest BCUT2D eigenvalue weighted by Crippen LogP contribution is -2.55. The van der Waals surface area contributed by atoms with E-state index < -0.39 is 37.1 Å². The van der Waals surface area contributed by atoms with E-state index in [0.29, 0.717) is 36.3 Å². The highest BCUT2D eigenvalue weighted by Gasteiger charge is 2.46. The van der Waals surface area contributed by atoms with E-state index in [2.05, 4.69) is 6.08 Å². The van der Waals surface area contributed by atoms with E-state index in [-0.39, 0.29) is 0 Å². The Morgan fingerprint density at radius 1 is 0.969 bits per heavy atom. The molecule has 0 spiro atoms. The van der Waals surface area contributed by atoms with Gasteiger partial charge in [0.2, 0.25) is 0 Å². The highest BCUT2D eigenvalue weighted by Crippen LogP contribution is 2.57. The fraction of sp³-hybridized carbons (Fsp3) is 0.680. The predicted molar refractivity (Wildman–Crippen MR) is 119 cm³/mol. The van der Waals surface area contributed by atoms with Crippen LogP contribution < -0.4 is 10.5 Å². The van der Waals surface area contributed by atoms with Gasteiger partial charge in [0.05, 0.1) is 6.61 Å². The molecule has 7 nitrogen and oxygen atoms in total. The number of nitrogens with two attached hydrogens (primary N) is 1. The second-order valence-corrected chi connectivity index (χ2v) is 10.1. The number of rotatable bonds is 6. The minimum absolute atomic E-state index is 0.307. The fourth-order valence-corrected chi connectivity index (χ4v) is 6.74. The summed E-state index contributed by atoms with van der Waals surface area (Å²) in [6.45, 7) is 0.186. The van der Waals surface area contributed by atoms with Gasteiger partial charge in [0.25, 0.3) is 0 Å². The number of para-hydroxylation sites is 1. The number of benzene rings is 1. The molecule has 0 amide bonds. The average Bonchev–Trinajstić information content (AvgIpc) is 2.78. The first-order valence-corrected chi connectivity index (χ1v) is 12.0. The number of aliphatic hydroxyl groups is 4. The Morgan fingerprint density at radius 2 is 1.66 bits per heavy atom. The molecule has 4 saturated carbocycles. The van der Waals surface area contributed by atoms with E-state index in [4.69, 9.17) is 15.2 Å². The molecule has 4 aliphatic carbocycles. The molecule has 1 heterocycles. The lowest BCUT2D eigenvalue weighted by molar-refractivity contribution is -0.232. The van der Waals surface area contributed by atoms with Gasteiger partial charge in [-0.15, -0.1) is 0 Å². The zero-order valence-corrected chi connectivity index (χ0v) is 18.3. The fourth-order valence-electron chi connectivity index (χ4n) is 6.74. The Bertz CT molecular complexity index is 825. The molecule has 0 radical (unpaired) electrons. The summed E-state index contributed by atoms with van der Waals surface area (Å²) in [5.74, 6) is 3.63. The first-order valence-electron chi connectivity index (χ1n) is 12.0. The SMILES string of the molecule is NCCOc1c(C=C2C3CC4CC(C3)CC2C4)cccc1[C@@H]1O[C@H](CO)[C@H](O)[C@H](O)[C@H]1O. The zero-order valence-electron chi connectivity index (χ0n) is 18.3. The molecule has 4 bridgehead atoms. The van der Waals surface area contributed by atoms with Crippen molar-refractivity contribution >= 4 is 6.08 Å². The average molecular weight is 446 g/mol. The summed E-state index contributed by atoms with van der Waals surface area (Å²) in [5.41, 5.74) is 8.75. The quantitative estimate of drug-likeness (QED) is 0.448. The third kappa shape index (κ3) is 3.89. The van der Waals surface area contributed by atoms with Crippen molar-refractivity contribution < 1.29 is 29.9 Å². The molecule has 6 rings (SSSR count). The van der Waals surface area contributed by atoms with Gasteiger partial charge in [0, 0.05) is 17.7 Å². The van der Waals surface area contributed by atoms with E-state index in [1.807, 2.05) is 12.1 Å². The molecule has 5 aliphatic rings. The molecule has 176 valence electrons. The molecule has 6 N–H and O–H groups in total. The summed E-state index contributed by atoms with van der Waals surface area (Å²) < 4.78 is 11.9. The summed E-state index contributed by atoms with van der Waals surface area (Å²) in [7, 11) is 0. The van der Waals surface area contributed by atoms with E-state index in [0.717, 1.165) is 17.4 Å². The molecule has 1 aromatic rings. The van der Waals surface area contributed by atoms with Crippen molar-refractivity contribution in [2.45, 2.75) is 62.6 Å². The lowest BCUT2D eigenvalue weighted by Gasteiger charge is -2.51. The maximum atomic E-state index is 10.7. The minimum Gasteiger partial charge on any atom is -0.491 e. The van der Waals surface area contributed by atoms with Gasteiger partial charge in [-0.1, -0.05) is 29.8 Å². The molecule has 0 aromatic heterocycles. The Kier molecular flexibility index (Phi) is 6.31. The van der Waals surface area contributed by atoms with Gasteiger partial charge in [-0.05, 0) is 55.8 Å². The molecule has 1 aromatic carbocycles. The van der Waals surface area contributed by atoms with Crippen LogP contribution in [-0.2, 0) is 4.74 Å². The van der Waals surface area contributed by atoms with Gasteiger partial charge in [-0.3, -0.25) is 0 Å². The lowest BCUT2D eigenvalue weighted by atomic mass is 9.54. The second kappa shape index (κ2) is 9.05. The van der Waals surface area contributed by atoms with Crippen molar-refractivity contribution in [3.05, 3.63) is 34.9 Å². The molecule has 5 atom stereocenters. The van der Waals surface area contributed by atoms with Crippen molar-refractivity contribution in [1.29, 1.82) is 0 Å². The van der Waals surface area contributed by atoms with Crippen LogP contribution in [0.2, 0.25) is 0 Å². The molecule has 0 unspecified atom stereocenters. The van der Waals surface area contributed by atoms with Gasteiger partial charge in [0.1, 0.15) is 42.9 Å². The number of hydrogen-bond donors (Lipinski definition) is 5. The molecular weight excluding hydrogens is 410 g/mol. The summed E-state index contributed by atoms with van der Waals surface area (Å²) >= 11 is 0. The summed E-state index contributed by atoms with van der Waals surface area (Å²) in [6, 6.07) is 5.71. The van der Waals surface area contributed by atoms with Crippen LogP contribution in [-0.4, -0.2) is 64.6 Å². The van der Waals surface area contributed by atoms with Gasteiger partial charge < -0.3 is 35.6 Å². The Morgan fingerprint density at radius 3 is 2.28 bits per heavy atom. The molecule has 5 fully saturated rings. The van der Waals surface area contributed by atoms with Crippen LogP contribution in [0.15, 0.2) is 23.8 Å². The maximum absolute atomic E-state index is 10.7. The number of allylic oxidation sites excluding steroid dienone is 1. The largest absolute Gasteiger partial charge is 0.491 e. The van der Waals surface area contributed by atoms with Crippen molar-refractivity contribution in [2.24, 2.45) is 29.4 Å². The van der Waals surface area contributed by atoms with Gasteiger partial charge in [-0.25, -0.2) is 0 Å². The summed E-state index contributed by atoms with van der Waals surface area (Å²) in [5, 5.41) is 40.8. The maximum Gasteiger partial charge on any atom is 0.132 e. The third-order valence-electron chi connectivity index (χ3n) is 8.04. The normalized spacial score (nSPS) is 40.5. The van der Waals surface area contributed by atoms with Gasteiger partial charge in [0.15, 0.2) is 0 Å².